The molecular weight excluding hydrogens is 435 g/mol. The maximum absolute atomic E-state index is 13.2. The van der Waals surface area contributed by atoms with E-state index in [1.807, 2.05) is 0 Å². The van der Waals surface area contributed by atoms with Crippen molar-refractivity contribution in [3.63, 3.8) is 0 Å². The summed E-state index contributed by atoms with van der Waals surface area (Å²) in [6, 6.07) is 11.0. The number of non-ortho nitro benzene ring substituents is 1. The molecule has 0 atom stereocenters. The Morgan fingerprint density at radius 1 is 1.03 bits per heavy atom. The number of nitrogens with zero attached hydrogens (tertiary/aromatic N) is 5. The van der Waals surface area contributed by atoms with Gasteiger partial charge in [0.15, 0.2) is 5.96 Å². The van der Waals surface area contributed by atoms with E-state index in [0.717, 1.165) is 4.57 Å². The molecular formula is C20H21FN8O4. The Hall–Kier alpha value is -4.55. The first-order valence-electron chi connectivity index (χ1n) is 9.73. The van der Waals surface area contributed by atoms with E-state index in [0.29, 0.717) is 11.1 Å². The molecule has 5 N–H and O–H groups in total. The zero-order chi connectivity index (χ0) is 24.0. The summed E-state index contributed by atoms with van der Waals surface area (Å²) in [7, 11) is 0. The molecule has 1 heterocycles. The standard InChI is InChI=1S/C20H21FN8O4/c21-15-5-1-13(2-6-15)12-28-19(30)26-18(25-10-9-24-17(22)23)27(20(28)31)11-14-3-7-16(8-4-14)29(32)33/h1-8H,9-12H2,(H4,22,23,24)(H,25,26,30). The van der Waals surface area contributed by atoms with Crippen LogP contribution in [0.4, 0.5) is 16.0 Å². The van der Waals surface area contributed by atoms with Crippen molar-refractivity contribution < 1.29 is 9.31 Å². The average molecular weight is 456 g/mol. The Morgan fingerprint density at radius 2 is 1.61 bits per heavy atom. The number of benzene rings is 2. The van der Waals surface area contributed by atoms with Gasteiger partial charge in [0.05, 0.1) is 24.6 Å². The van der Waals surface area contributed by atoms with Crippen LogP contribution in [0, 0.1) is 15.9 Å². The van der Waals surface area contributed by atoms with Gasteiger partial charge in [-0.1, -0.05) is 24.3 Å². The first-order valence-corrected chi connectivity index (χ1v) is 9.73. The number of anilines is 1. The molecule has 0 aliphatic rings. The summed E-state index contributed by atoms with van der Waals surface area (Å²) in [4.78, 5) is 43.9. The molecule has 0 fully saturated rings. The van der Waals surface area contributed by atoms with E-state index in [4.69, 9.17) is 11.5 Å². The largest absolute Gasteiger partial charge is 0.370 e. The summed E-state index contributed by atoms with van der Waals surface area (Å²) in [5.41, 5.74) is 10.1. The fourth-order valence-corrected chi connectivity index (χ4v) is 2.97. The van der Waals surface area contributed by atoms with Gasteiger partial charge in [0.2, 0.25) is 5.95 Å². The lowest BCUT2D eigenvalue weighted by atomic mass is 10.2. The Morgan fingerprint density at radius 3 is 2.18 bits per heavy atom. The molecule has 0 aliphatic carbocycles. The predicted molar refractivity (Wildman–Crippen MR) is 120 cm³/mol. The molecule has 0 saturated carbocycles. The monoisotopic (exact) mass is 456 g/mol. The molecule has 2 aromatic carbocycles. The van der Waals surface area contributed by atoms with Gasteiger partial charge in [-0.25, -0.2) is 18.5 Å². The van der Waals surface area contributed by atoms with E-state index in [1.165, 1.54) is 53.1 Å². The molecule has 0 saturated heterocycles. The highest BCUT2D eigenvalue weighted by Gasteiger charge is 2.15. The van der Waals surface area contributed by atoms with Gasteiger partial charge in [-0.05, 0) is 23.3 Å². The molecule has 1 aromatic heterocycles. The Labute approximate surface area is 186 Å². The predicted octanol–water partition coefficient (Wildman–Crippen LogP) is 0.234. The summed E-state index contributed by atoms with van der Waals surface area (Å²) >= 11 is 0. The molecule has 0 amide bonds. The molecule has 172 valence electrons. The van der Waals surface area contributed by atoms with E-state index in [9.17, 15) is 24.1 Å². The molecule has 0 aliphatic heterocycles. The number of nitrogens with two attached hydrogens (primary N) is 2. The molecule has 12 nitrogen and oxygen atoms in total. The highest BCUT2D eigenvalue weighted by molar-refractivity contribution is 5.75. The van der Waals surface area contributed by atoms with Crippen LogP contribution in [0.15, 0.2) is 63.1 Å². The zero-order valence-corrected chi connectivity index (χ0v) is 17.3. The summed E-state index contributed by atoms with van der Waals surface area (Å²) in [5.74, 6) is -0.563. The van der Waals surface area contributed by atoms with Crippen molar-refractivity contribution in [2.75, 3.05) is 18.4 Å². The minimum atomic E-state index is -0.798. The van der Waals surface area contributed by atoms with Gasteiger partial charge < -0.3 is 16.8 Å². The van der Waals surface area contributed by atoms with Gasteiger partial charge in [0, 0.05) is 18.7 Å². The SMILES string of the molecule is NC(N)=NCCNc1nc(=O)n(Cc2ccc(F)cc2)c(=O)n1Cc1ccc([N+](=O)[O-])cc1. The fourth-order valence-electron chi connectivity index (χ4n) is 2.97. The van der Waals surface area contributed by atoms with Gasteiger partial charge in [-0.3, -0.25) is 19.7 Å². The van der Waals surface area contributed by atoms with Crippen LogP contribution < -0.4 is 28.2 Å². The second-order valence-corrected chi connectivity index (χ2v) is 6.96. The van der Waals surface area contributed by atoms with Crippen LogP contribution in [-0.2, 0) is 13.1 Å². The number of rotatable bonds is 9. The second-order valence-electron chi connectivity index (χ2n) is 6.96. The van der Waals surface area contributed by atoms with Gasteiger partial charge in [-0.15, -0.1) is 0 Å². The number of hydrogen-bond acceptors (Lipinski definition) is 7. The summed E-state index contributed by atoms with van der Waals surface area (Å²) in [6.45, 7) is 0.234. The topological polar surface area (TPSA) is 176 Å². The van der Waals surface area contributed by atoms with Crippen molar-refractivity contribution in [2.24, 2.45) is 16.5 Å². The number of nitrogens with one attached hydrogen (secondary N) is 1. The van der Waals surface area contributed by atoms with Crippen LogP contribution in [0.5, 0.6) is 0 Å². The fraction of sp³-hybridized carbons (Fsp3) is 0.200. The van der Waals surface area contributed by atoms with Crippen molar-refractivity contribution in [3.05, 3.63) is 96.6 Å². The number of hydrogen-bond donors (Lipinski definition) is 3. The molecule has 0 unspecified atom stereocenters. The van der Waals surface area contributed by atoms with Crippen molar-refractivity contribution in [2.45, 2.75) is 13.1 Å². The van der Waals surface area contributed by atoms with Crippen molar-refractivity contribution in [1.82, 2.24) is 14.1 Å². The number of aliphatic imine (C=N–C) groups is 1. The molecule has 3 rings (SSSR count). The molecule has 0 bridgehead atoms. The zero-order valence-electron chi connectivity index (χ0n) is 17.3. The smallest absolute Gasteiger partial charge is 0.355 e. The van der Waals surface area contributed by atoms with Gasteiger partial charge in [0.25, 0.3) is 5.69 Å². The van der Waals surface area contributed by atoms with Crippen LogP contribution in [0.2, 0.25) is 0 Å². The van der Waals surface area contributed by atoms with E-state index in [1.54, 1.807) is 0 Å². The molecule has 0 spiro atoms. The molecule has 3 aromatic rings. The summed E-state index contributed by atoms with van der Waals surface area (Å²) < 4.78 is 15.3. The highest BCUT2D eigenvalue weighted by Crippen LogP contribution is 2.13. The van der Waals surface area contributed by atoms with Crippen LogP contribution in [0.25, 0.3) is 0 Å². The van der Waals surface area contributed by atoms with Crippen LogP contribution >= 0.6 is 0 Å². The quantitative estimate of drug-likeness (QED) is 0.135. The van der Waals surface area contributed by atoms with E-state index < -0.39 is 22.1 Å². The van der Waals surface area contributed by atoms with Gasteiger partial charge in [-0.2, -0.15) is 4.98 Å². The van der Waals surface area contributed by atoms with E-state index in [2.05, 4.69) is 15.3 Å². The summed E-state index contributed by atoms with van der Waals surface area (Å²) in [5, 5.41) is 13.8. The summed E-state index contributed by atoms with van der Waals surface area (Å²) in [6.07, 6.45) is 0. The maximum Gasteiger partial charge on any atom is 0.355 e. The van der Waals surface area contributed by atoms with Crippen LogP contribution in [-0.4, -0.2) is 38.1 Å². The molecule has 33 heavy (non-hydrogen) atoms. The minimum Gasteiger partial charge on any atom is -0.370 e. The van der Waals surface area contributed by atoms with Gasteiger partial charge >= 0.3 is 11.4 Å². The lowest BCUT2D eigenvalue weighted by Gasteiger charge is -2.15. The first kappa shape index (κ1) is 23.1. The lowest BCUT2D eigenvalue weighted by Crippen LogP contribution is -2.43. The first-order chi connectivity index (χ1) is 15.7. The van der Waals surface area contributed by atoms with Crippen molar-refractivity contribution in [3.8, 4) is 0 Å². The number of guanidine groups is 1. The number of halogens is 1. The number of nitro benzene ring substituents is 1. The van der Waals surface area contributed by atoms with E-state index >= 15 is 0 Å². The second kappa shape index (κ2) is 10.2. The Balaban J connectivity index is 1.98. The van der Waals surface area contributed by atoms with E-state index in [-0.39, 0.29) is 43.8 Å². The van der Waals surface area contributed by atoms with Crippen molar-refractivity contribution in [1.29, 1.82) is 0 Å². The number of aromatic nitrogens is 3. The Kier molecular flexibility index (Phi) is 7.13. The number of nitro groups is 1. The highest BCUT2D eigenvalue weighted by atomic mass is 19.1. The normalized spacial score (nSPS) is 10.6. The van der Waals surface area contributed by atoms with Crippen LogP contribution in [0.3, 0.4) is 0 Å². The maximum atomic E-state index is 13.2. The molecule has 0 radical (unpaired) electrons. The average Bonchev–Trinajstić information content (AvgIpc) is 2.78. The minimum absolute atomic E-state index is 0.00972. The van der Waals surface area contributed by atoms with Crippen molar-refractivity contribution >= 4 is 17.6 Å². The van der Waals surface area contributed by atoms with Crippen LogP contribution in [0.1, 0.15) is 11.1 Å². The van der Waals surface area contributed by atoms with Gasteiger partial charge in [0.1, 0.15) is 5.82 Å². The third-order valence-electron chi connectivity index (χ3n) is 4.58. The Bertz CT molecular complexity index is 1280. The molecule has 13 heteroatoms. The lowest BCUT2D eigenvalue weighted by molar-refractivity contribution is -0.384. The third-order valence-corrected chi connectivity index (χ3v) is 4.58. The third kappa shape index (κ3) is 6.00.